The second-order valence-corrected chi connectivity index (χ2v) is 4.15. The summed E-state index contributed by atoms with van der Waals surface area (Å²) in [4.78, 5) is 4.13. The van der Waals surface area contributed by atoms with Crippen molar-refractivity contribution in [3.05, 3.63) is 42.6 Å². The van der Waals surface area contributed by atoms with Crippen molar-refractivity contribution in [2.45, 2.75) is 25.4 Å². The maximum Gasteiger partial charge on any atom is 0.125 e. The molecule has 0 aliphatic heterocycles. The lowest BCUT2D eigenvalue weighted by atomic mass is 10.1. The summed E-state index contributed by atoms with van der Waals surface area (Å²) >= 11 is 0. The third kappa shape index (κ3) is 1.99. The minimum Gasteiger partial charge on any atom is -0.467 e. The molecular formula is C13H14N2O. The van der Waals surface area contributed by atoms with Gasteiger partial charge in [0.15, 0.2) is 0 Å². The predicted octanol–water partition coefficient (Wildman–Crippen LogP) is 2.59. The van der Waals surface area contributed by atoms with E-state index in [2.05, 4.69) is 16.4 Å². The minimum absolute atomic E-state index is 0.701. The zero-order valence-corrected chi connectivity index (χ0v) is 9.02. The highest BCUT2D eigenvalue weighted by Gasteiger charge is 2.21. The van der Waals surface area contributed by atoms with Gasteiger partial charge in [0.1, 0.15) is 5.76 Å². The van der Waals surface area contributed by atoms with Crippen molar-refractivity contribution in [1.29, 1.82) is 0 Å². The van der Waals surface area contributed by atoms with Gasteiger partial charge in [0.25, 0.3) is 0 Å². The van der Waals surface area contributed by atoms with Crippen molar-refractivity contribution < 1.29 is 4.42 Å². The van der Waals surface area contributed by atoms with E-state index in [1.54, 1.807) is 12.5 Å². The molecule has 2 heterocycles. The van der Waals surface area contributed by atoms with Crippen LogP contribution in [-0.2, 0) is 6.54 Å². The summed E-state index contributed by atoms with van der Waals surface area (Å²) in [7, 11) is 0. The van der Waals surface area contributed by atoms with Gasteiger partial charge in [0, 0.05) is 29.6 Å². The van der Waals surface area contributed by atoms with Gasteiger partial charge in [-0.25, -0.2) is 0 Å². The molecule has 1 saturated carbocycles. The van der Waals surface area contributed by atoms with Gasteiger partial charge in [0.05, 0.1) is 12.8 Å². The molecule has 0 bridgehead atoms. The smallest absolute Gasteiger partial charge is 0.125 e. The Kier molecular flexibility index (Phi) is 2.46. The Bertz CT molecular complexity index is 460. The Labute approximate surface area is 94.5 Å². The number of rotatable bonds is 4. The predicted molar refractivity (Wildman–Crippen MR) is 61.8 cm³/mol. The van der Waals surface area contributed by atoms with Gasteiger partial charge in [-0.2, -0.15) is 0 Å². The Morgan fingerprint density at radius 2 is 2.31 bits per heavy atom. The Morgan fingerprint density at radius 3 is 3.06 bits per heavy atom. The SMILES string of the molecule is c1cncc(-c2ccoc2CNC2CC2)c1. The average molecular weight is 214 g/mol. The largest absolute Gasteiger partial charge is 0.467 e. The molecule has 16 heavy (non-hydrogen) atoms. The monoisotopic (exact) mass is 214 g/mol. The minimum atomic E-state index is 0.701. The van der Waals surface area contributed by atoms with Gasteiger partial charge in [-0.05, 0) is 25.0 Å². The lowest BCUT2D eigenvalue weighted by Gasteiger charge is -2.03. The molecule has 2 aromatic heterocycles. The van der Waals surface area contributed by atoms with Crippen molar-refractivity contribution in [1.82, 2.24) is 10.3 Å². The van der Waals surface area contributed by atoms with Crippen LogP contribution in [0, 0.1) is 0 Å². The summed E-state index contributed by atoms with van der Waals surface area (Å²) in [5, 5.41) is 3.45. The van der Waals surface area contributed by atoms with E-state index in [4.69, 9.17) is 4.42 Å². The number of nitrogens with one attached hydrogen (secondary N) is 1. The molecule has 1 aliphatic rings. The summed E-state index contributed by atoms with van der Waals surface area (Å²) in [6.45, 7) is 0.807. The standard InChI is InChI=1S/C13H14N2O/c1-2-10(8-14-6-1)12-5-7-16-13(12)9-15-11-3-4-11/h1-2,5-8,11,15H,3-4,9H2. The molecule has 0 spiro atoms. The van der Waals surface area contributed by atoms with Gasteiger partial charge in [-0.3, -0.25) is 4.98 Å². The first-order chi connectivity index (χ1) is 7.93. The van der Waals surface area contributed by atoms with E-state index in [0.29, 0.717) is 6.04 Å². The summed E-state index contributed by atoms with van der Waals surface area (Å²) < 4.78 is 5.51. The van der Waals surface area contributed by atoms with Crippen LogP contribution >= 0.6 is 0 Å². The molecule has 1 aliphatic carbocycles. The van der Waals surface area contributed by atoms with Gasteiger partial charge in [0.2, 0.25) is 0 Å². The fourth-order valence-corrected chi connectivity index (χ4v) is 1.78. The van der Waals surface area contributed by atoms with E-state index in [9.17, 15) is 0 Å². The van der Waals surface area contributed by atoms with Gasteiger partial charge < -0.3 is 9.73 Å². The molecule has 0 saturated heterocycles. The van der Waals surface area contributed by atoms with Gasteiger partial charge in [-0.1, -0.05) is 6.07 Å². The number of hydrogen-bond donors (Lipinski definition) is 1. The zero-order valence-electron chi connectivity index (χ0n) is 9.02. The van der Waals surface area contributed by atoms with Crippen LogP contribution in [0.3, 0.4) is 0 Å². The van der Waals surface area contributed by atoms with E-state index in [1.807, 2.05) is 18.3 Å². The summed E-state index contributed by atoms with van der Waals surface area (Å²) in [5.74, 6) is 1.000. The first kappa shape index (κ1) is 9.60. The second kappa shape index (κ2) is 4.10. The molecule has 0 unspecified atom stereocenters. The first-order valence-electron chi connectivity index (χ1n) is 5.63. The molecule has 1 fully saturated rings. The number of aromatic nitrogens is 1. The number of hydrogen-bond acceptors (Lipinski definition) is 3. The topological polar surface area (TPSA) is 38.1 Å². The average Bonchev–Trinajstić information content (AvgIpc) is 3.05. The highest BCUT2D eigenvalue weighted by molar-refractivity contribution is 5.64. The second-order valence-electron chi connectivity index (χ2n) is 4.15. The molecule has 0 atom stereocenters. The van der Waals surface area contributed by atoms with E-state index in [1.165, 1.54) is 12.8 Å². The number of nitrogens with zero attached hydrogens (tertiary/aromatic N) is 1. The molecule has 0 amide bonds. The van der Waals surface area contributed by atoms with E-state index in [0.717, 1.165) is 23.4 Å². The van der Waals surface area contributed by atoms with E-state index >= 15 is 0 Å². The van der Waals surface area contributed by atoms with Crippen LogP contribution in [-0.4, -0.2) is 11.0 Å². The van der Waals surface area contributed by atoms with Crippen LogP contribution < -0.4 is 5.32 Å². The molecule has 3 rings (SSSR count). The van der Waals surface area contributed by atoms with Crippen molar-refractivity contribution in [2.75, 3.05) is 0 Å². The zero-order chi connectivity index (χ0) is 10.8. The number of pyridine rings is 1. The van der Waals surface area contributed by atoms with E-state index in [-0.39, 0.29) is 0 Å². The van der Waals surface area contributed by atoms with Gasteiger partial charge in [-0.15, -0.1) is 0 Å². The fraction of sp³-hybridized carbons (Fsp3) is 0.308. The Morgan fingerprint density at radius 1 is 1.38 bits per heavy atom. The van der Waals surface area contributed by atoms with Crippen molar-refractivity contribution >= 4 is 0 Å². The van der Waals surface area contributed by atoms with Crippen LogP contribution in [0.1, 0.15) is 18.6 Å². The Hall–Kier alpha value is -1.61. The molecular weight excluding hydrogens is 200 g/mol. The van der Waals surface area contributed by atoms with Crippen LogP contribution in [0.25, 0.3) is 11.1 Å². The quantitative estimate of drug-likeness (QED) is 0.850. The Balaban J connectivity index is 1.81. The normalized spacial score (nSPS) is 15.2. The molecule has 2 aromatic rings. The molecule has 1 N–H and O–H groups in total. The highest BCUT2D eigenvalue weighted by Crippen LogP contribution is 2.25. The molecule has 82 valence electrons. The summed E-state index contributed by atoms with van der Waals surface area (Å²) in [6.07, 6.45) is 7.98. The highest BCUT2D eigenvalue weighted by atomic mass is 16.3. The molecule has 3 nitrogen and oxygen atoms in total. The van der Waals surface area contributed by atoms with Crippen molar-refractivity contribution in [3.63, 3.8) is 0 Å². The van der Waals surface area contributed by atoms with Crippen LogP contribution in [0.15, 0.2) is 41.3 Å². The maximum atomic E-state index is 5.51. The maximum absolute atomic E-state index is 5.51. The first-order valence-corrected chi connectivity index (χ1v) is 5.63. The van der Waals surface area contributed by atoms with Gasteiger partial charge >= 0.3 is 0 Å². The summed E-state index contributed by atoms with van der Waals surface area (Å²) in [5.41, 5.74) is 2.25. The van der Waals surface area contributed by atoms with Crippen LogP contribution in [0.2, 0.25) is 0 Å². The molecule has 0 radical (unpaired) electrons. The van der Waals surface area contributed by atoms with E-state index < -0.39 is 0 Å². The summed E-state index contributed by atoms with van der Waals surface area (Å²) in [6, 6.07) is 6.70. The third-order valence-corrected chi connectivity index (χ3v) is 2.85. The molecule has 0 aromatic carbocycles. The van der Waals surface area contributed by atoms with Crippen molar-refractivity contribution in [3.8, 4) is 11.1 Å². The number of furan rings is 1. The van der Waals surface area contributed by atoms with Crippen molar-refractivity contribution in [2.24, 2.45) is 0 Å². The third-order valence-electron chi connectivity index (χ3n) is 2.85. The van der Waals surface area contributed by atoms with Crippen LogP contribution in [0.4, 0.5) is 0 Å². The fourth-order valence-electron chi connectivity index (χ4n) is 1.78. The molecule has 3 heteroatoms. The lowest BCUT2D eigenvalue weighted by Crippen LogP contribution is -2.15. The lowest BCUT2D eigenvalue weighted by molar-refractivity contribution is 0.483. The van der Waals surface area contributed by atoms with Crippen LogP contribution in [0.5, 0.6) is 0 Å².